The lowest BCUT2D eigenvalue weighted by molar-refractivity contribution is -0.131. The van der Waals surface area contributed by atoms with Crippen LogP contribution in [0.1, 0.15) is 17.5 Å². The van der Waals surface area contributed by atoms with Gasteiger partial charge in [-0.05, 0) is 30.5 Å². The Morgan fingerprint density at radius 3 is 2.78 bits per heavy atom. The highest BCUT2D eigenvalue weighted by molar-refractivity contribution is 6.31. The molecular formula is C14H19ClN2O. The third-order valence-corrected chi connectivity index (χ3v) is 3.74. The molecular weight excluding hydrogens is 248 g/mol. The van der Waals surface area contributed by atoms with Crippen LogP contribution in [0.15, 0.2) is 18.2 Å². The van der Waals surface area contributed by atoms with Gasteiger partial charge >= 0.3 is 0 Å². The minimum atomic E-state index is 0.254. The molecule has 2 rings (SSSR count). The first kappa shape index (κ1) is 13.4. The molecule has 1 N–H and O–H groups in total. The van der Waals surface area contributed by atoms with E-state index in [2.05, 4.69) is 11.4 Å². The predicted octanol–water partition coefficient (Wildman–Crippen LogP) is 2.01. The fraction of sp³-hybridized carbons (Fsp3) is 0.500. The van der Waals surface area contributed by atoms with Crippen molar-refractivity contribution in [2.45, 2.75) is 19.8 Å². The SMILES string of the molecule is Cc1cc(CCC(=O)N2CCNCC2)ccc1Cl. The number of piperazine rings is 1. The van der Waals surface area contributed by atoms with Crippen LogP contribution in [-0.2, 0) is 11.2 Å². The molecule has 1 amide bonds. The maximum Gasteiger partial charge on any atom is 0.222 e. The summed E-state index contributed by atoms with van der Waals surface area (Å²) < 4.78 is 0. The number of rotatable bonds is 3. The van der Waals surface area contributed by atoms with Gasteiger partial charge in [0, 0.05) is 37.6 Å². The Bertz CT molecular complexity index is 428. The molecule has 4 heteroatoms. The highest BCUT2D eigenvalue weighted by Gasteiger charge is 2.15. The van der Waals surface area contributed by atoms with Crippen molar-refractivity contribution in [2.75, 3.05) is 26.2 Å². The highest BCUT2D eigenvalue weighted by atomic mass is 35.5. The van der Waals surface area contributed by atoms with Gasteiger partial charge in [-0.2, -0.15) is 0 Å². The first-order valence-corrected chi connectivity index (χ1v) is 6.78. The fourth-order valence-electron chi connectivity index (χ4n) is 2.19. The summed E-state index contributed by atoms with van der Waals surface area (Å²) in [4.78, 5) is 13.9. The molecule has 0 atom stereocenters. The zero-order valence-electron chi connectivity index (χ0n) is 10.7. The van der Waals surface area contributed by atoms with Crippen LogP contribution in [0, 0.1) is 6.92 Å². The molecule has 0 aromatic heterocycles. The number of halogens is 1. The van der Waals surface area contributed by atoms with Gasteiger partial charge in [0.1, 0.15) is 0 Å². The van der Waals surface area contributed by atoms with Crippen LogP contribution in [0.25, 0.3) is 0 Å². The minimum Gasteiger partial charge on any atom is -0.340 e. The molecule has 1 aliphatic rings. The van der Waals surface area contributed by atoms with Gasteiger partial charge in [0.05, 0.1) is 0 Å². The van der Waals surface area contributed by atoms with Gasteiger partial charge in [-0.15, -0.1) is 0 Å². The number of carbonyl (C=O) groups is 1. The maximum atomic E-state index is 12.0. The topological polar surface area (TPSA) is 32.3 Å². The van der Waals surface area contributed by atoms with E-state index in [1.807, 2.05) is 24.0 Å². The summed E-state index contributed by atoms with van der Waals surface area (Å²) in [6, 6.07) is 5.97. The first-order valence-electron chi connectivity index (χ1n) is 6.40. The van der Waals surface area contributed by atoms with Gasteiger partial charge in [0.2, 0.25) is 5.91 Å². The number of hydrogen-bond donors (Lipinski definition) is 1. The lowest BCUT2D eigenvalue weighted by Crippen LogP contribution is -2.46. The Morgan fingerprint density at radius 1 is 1.39 bits per heavy atom. The van der Waals surface area contributed by atoms with Gasteiger partial charge in [0.25, 0.3) is 0 Å². The monoisotopic (exact) mass is 266 g/mol. The normalized spacial score (nSPS) is 15.8. The van der Waals surface area contributed by atoms with Crippen LogP contribution in [0.3, 0.4) is 0 Å². The van der Waals surface area contributed by atoms with Gasteiger partial charge in [-0.1, -0.05) is 23.7 Å². The van der Waals surface area contributed by atoms with Crippen LogP contribution in [0.5, 0.6) is 0 Å². The molecule has 1 fully saturated rings. The highest BCUT2D eigenvalue weighted by Crippen LogP contribution is 2.17. The summed E-state index contributed by atoms with van der Waals surface area (Å²) in [6.07, 6.45) is 1.38. The summed E-state index contributed by atoms with van der Waals surface area (Å²) in [5.41, 5.74) is 2.25. The second-order valence-electron chi connectivity index (χ2n) is 4.71. The molecule has 1 saturated heterocycles. The second-order valence-corrected chi connectivity index (χ2v) is 5.12. The van der Waals surface area contributed by atoms with E-state index in [1.165, 1.54) is 5.56 Å². The largest absolute Gasteiger partial charge is 0.340 e. The Hall–Kier alpha value is -1.06. The smallest absolute Gasteiger partial charge is 0.222 e. The van der Waals surface area contributed by atoms with Crippen LogP contribution in [0.2, 0.25) is 5.02 Å². The van der Waals surface area contributed by atoms with Crippen molar-refractivity contribution in [3.8, 4) is 0 Å². The zero-order valence-corrected chi connectivity index (χ0v) is 11.5. The lowest BCUT2D eigenvalue weighted by atomic mass is 10.1. The van der Waals surface area contributed by atoms with E-state index >= 15 is 0 Å². The number of amides is 1. The summed E-state index contributed by atoms with van der Waals surface area (Å²) >= 11 is 5.98. The summed E-state index contributed by atoms with van der Waals surface area (Å²) in [7, 11) is 0. The number of carbonyl (C=O) groups excluding carboxylic acids is 1. The fourth-order valence-corrected chi connectivity index (χ4v) is 2.30. The molecule has 1 aromatic carbocycles. The number of benzene rings is 1. The summed E-state index contributed by atoms with van der Waals surface area (Å²) in [5.74, 6) is 0.254. The molecule has 0 bridgehead atoms. The Balaban J connectivity index is 1.86. The maximum absolute atomic E-state index is 12.0. The van der Waals surface area contributed by atoms with Crippen molar-refractivity contribution in [3.05, 3.63) is 34.3 Å². The van der Waals surface area contributed by atoms with Crippen molar-refractivity contribution in [1.29, 1.82) is 0 Å². The predicted molar refractivity (Wildman–Crippen MR) is 74.0 cm³/mol. The number of hydrogen-bond acceptors (Lipinski definition) is 2. The Morgan fingerprint density at radius 2 is 2.11 bits per heavy atom. The van der Waals surface area contributed by atoms with Crippen LogP contribution in [-0.4, -0.2) is 37.0 Å². The van der Waals surface area contributed by atoms with Crippen LogP contribution >= 0.6 is 11.6 Å². The van der Waals surface area contributed by atoms with E-state index in [1.54, 1.807) is 0 Å². The minimum absolute atomic E-state index is 0.254. The van der Waals surface area contributed by atoms with Crippen molar-refractivity contribution in [1.82, 2.24) is 10.2 Å². The third-order valence-electron chi connectivity index (χ3n) is 3.32. The van der Waals surface area contributed by atoms with Crippen LogP contribution < -0.4 is 5.32 Å². The standard InChI is InChI=1S/C14H19ClN2O/c1-11-10-12(2-4-13(11)15)3-5-14(18)17-8-6-16-7-9-17/h2,4,10,16H,3,5-9H2,1H3. The van der Waals surface area contributed by atoms with E-state index in [4.69, 9.17) is 11.6 Å². The molecule has 18 heavy (non-hydrogen) atoms. The molecule has 0 radical (unpaired) electrons. The van der Waals surface area contributed by atoms with Crippen molar-refractivity contribution >= 4 is 17.5 Å². The van der Waals surface area contributed by atoms with Gasteiger partial charge < -0.3 is 10.2 Å². The van der Waals surface area contributed by atoms with E-state index in [0.29, 0.717) is 6.42 Å². The van der Waals surface area contributed by atoms with Gasteiger partial charge in [-0.25, -0.2) is 0 Å². The molecule has 1 heterocycles. The molecule has 0 aliphatic carbocycles. The first-order chi connectivity index (χ1) is 8.66. The van der Waals surface area contributed by atoms with E-state index in [9.17, 15) is 4.79 Å². The quantitative estimate of drug-likeness (QED) is 0.908. The van der Waals surface area contributed by atoms with E-state index < -0.39 is 0 Å². The molecule has 1 aliphatic heterocycles. The Kier molecular flexibility index (Phi) is 4.61. The van der Waals surface area contributed by atoms with Crippen LogP contribution in [0.4, 0.5) is 0 Å². The molecule has 0 unspecified atom stereocenters. The number of nitrogens with one attached hydrogen (secondary N) is 1. The zero-order chi connectivity index (χ0) is 13.0. The average Bonchev–Trinajstić information content (AvgIpc) is 2.41. The molecule has 3 nitrogen and oxygen atoms in total. The van der Waals surface area contributed by atoms with E-state index in [-0.39, 0.29) is 5.91 Å². The average molecular weight is 267 g/mol. The summed E-state index contributed by atoms with van der Waals surface area (Å²) in [5, 5.41) is 4.03. The Labute approximate surface area is 113 Å². The lowest BCUT2D eigenvalue weighted by Gasteiger charge is -2.27. The van der Waals surface area contributed by atoms with Crippen molar-refractivity contribution < 1.29 is 4.79 Å². The third kappa shape index (κ3) is 3.47. The molecule has 98 valence electrons. The molecule has 0 spiro atoms. The van der Waals surface area contributed by atoms with Gasteiger partial charge in [-0.3, -0.25) is 4.79 Å². The number of nitrogens with zero attached hydrogens (tertiary/aromatic N) is 1. The van der Waals surface area contributed by atoms with Crippen molar-refractivity contribution in [3.63, 3.8) is 0 Å². The van der Waals surface area contributed by atoms with E-state index in [0.717, 1.165) is 43.2 Å². The van der Waals surface area contributed by atoms with Gasteiger partial charge in [0.15, 0.2) is 0 Å². The van der Waals surface area contributed by atoms with Crippen molar-refractivity contribution in [2.24, 2.45) is 0 Å². The number of aryl methyl sites for hydroxylation is 2. The summed E-state index contributed by atoms with van der Waals surface area (Å²) in [6.45, 7) is 5.47. The molecule has 1 aromatic rings. The second kappa shape index (κ2) is 6.21. The molecule has 0 saturated carbocycles.